The van der Waals surface area contributed by atoms with Gasteiger partial charge in [-0.25, -0.2) is 18.6 Å². The smallest absolute Gasteiger partial charge is 0.357 e. The van der Waals surface area contributed by atoms with Crippen molar-refractivity contribution in [3.63, 3.8) is 0 Å². The first kappa shape index (κ1) is 14.3. The molecule has 7 heteroatoms. The van der Waals surface area contributed by atoms with Gasteiger partial charge in [0.05, 0.1) is 25.5 Å². The summed E-state index contributed by atoms with van der Waals surface area (Å²) in [5, 5.41) is 0. The molecule has 0 atom stereocenters. The van der Waals surface area contributed by atoms with Gasteiger partial charge in [-0.3, -0.25) is 0 Å². The van der Waals surface area contributed by atoms with Gasteiger partial charge >= 0.3 is 5.97 Å². The maximum Gasteiger partial charge on any atom is 0.357 e. The van der Waals surface area contributed by atoms with Gasteiger partial charge in [-0.2, -0.15) is 0 Å². The predicted octanol–water partition coefficient (Wildman–Crippen LogP) is 1.66. The standard InChI is InChI=1S/C11H14F2N2O3/c1-3-18-11(16)9-8(10(12)13)6(4-14)7(17-2)5-15-9/h5,10H,3-4,14H2,1-2H3. The number of nitrogens with two attached hydrogens (primary N) is 1. The first-order valence-electron chi connectivity index (χ1n) is 5.27. The number of hydrogen-bond donors (Lipinski definition) is 1. The molecule has 0 saturated carbocycles. The highest BCUT2D eigenvalue weighted by Crippen LogP contribution is 2.31. The molecule has 0 bridgehead atoms. The van der Waals surface area contributed by atoms with Crippen LogP contribution in [0.1, 0.15) is 35.0 Å². The van der Waals surface area contributed by atoms with E-state index < -0.39 is 23.7 Å². The molecule has 0 aliphatic rings. The van der Waals surface area contributed by atoms with Crippen LogP contribution in [0, 0.1) is 0 Å². The predicted molar refractivity (Wildman–Crippen MR) is 59.6 cm³/mol. The van der Waals surface area contributed by atoms with Crippen molar-refractivity contribution >= 4 is 5.97 Å². The highest BCUT2D eigenvalue weighted by atomic mass is 19.3. The van der Waals surface area contributed by atoms with Crippen LogP contribution < -0.4 is 10.5 Å². The van der Waals surface area contributed by atoms with Crippen molar-refractivity contribution < 1.29 is 23.0 Å². The first-order valence-corrected chi connectivity index (χ1v) is 5.27. The number of halogens is 2. The Labute approximate surface area is 103 Å². The van der Waals surface area contributed by atoms with Crippen LogP contribution in [0.2, 0.25) is 0 Å². The number of esters is 1. The number of hydrogen-bond acceptors (Lipinski definition) is 5. The van der Waals surface area contributed by atoms with Crippen molar-refractivity contribution in [1.82, 2.24) is 4.98 Å². The molecule has 1 aromatic rings. The summed E-state index contributed by atoms with van der Waals surface area (Å²) in [5.74, 6) is -0.772. The molecule has 0 spiro atoms. The van der Waals surface area contributed by atoms with E-state index in [9.17, 15) is 13.6 Å². The van der Waals surface area contributed by atoms with E-state index in [2.05, 4.69) is 9.72 Å². The zero-order valence-electron chi connectivity index (χ0n) is 10.1. The van der Waals surface area contributed by atoms with Crippen LogP contribution >= 0.6 is 0 Å². The summed E-state index contributed by atoms with van der Waals surface area (Å²) < 4.78 is 35.6. The summed E-state index contributed by atoms with van der Waals surface area (Å²) in [7, 11) is 1.31. The minimum Gasteiger partial charge on any atom is -0.495 e. The number of pyridine rings is 1. The number of rotatable bonds is 5. The van der Waals surface area contributed by atoms with Gasteiger partial charge in [0.15, 0.2) is 5.69 Å². The second-order valence-corrected chi connectivity index (χ2v) is 3.29. The Bertz CT molecular complexity index is 439. The third-order valence-corrected chi connectivity index (χ3v) is 2.30. The molecule has 0 radical (unpaired) electrons. The molecular weight excluding hydrogens is 246 g/mol. The second-order valence-electron chi connectivity index (χ2n) is 3.29. The number of carbonyl (C=O) groups is 1. The molecule has 18 heavy (non-hydrogen) atoms. The Hall–Kier alpha value is -1.76. The number of alkyl halides is 2. The molecule has 100 valence electrons. The summed E-state index contributed by atoms with van der Waals surface area (Å²) in [4.78, 5) is 15.2. The quantitative estimate of drug-likeness (QED) is 0.815. The van der Waals surface area contributed by atoms with E-state index in [-0.39, 0.29) is 24.5 Å². The van der Waals surface area contributed by atoms with Crippen molar-refractivity contribution in [2.45, 2.75) is 19.9 Å². The molecule has 1 rings (SSSR count). The summed E-state index contributed by atoms with van der Waals surface area (Å²) >= 11 is 0. The lowest BCUT2D eigenvalue weighted by Crippen LogP contribution is -2.15. The molecule has 0 aromatic carbocycles. The average Bonchev–Trinajstić information content (AvgIpc) is 2.36. The van der Waals surface area contributed by atoms with Crippen molar-refractivity contribution in [2.24, 2.45) is 5.73 Å². The first-order chi connectivity index (χ1) is 8.56. The minimum absolute atomic E-state index is 0.0607. The molecule has 0 amide bonds. The van der Waals surface area contributed by atoms with Crippen molar-refractivity contribution in [1.29, 1.82) is 0 Å². The fraction of sp³-hybridized carbons (Fsp3) is 0.455. The molecule has 2 N–H and O–H groups in total. The summed E-state index contributed by atoms with van der Waals surface area (Å²) in [6, 6.07) is 0. The normalized spacial score (nSPS) is 10.6. The third-order valence-electron chi connectivity index (χ3n) is 2.30. The maximum atomic E-state index is 13.0. The minimum atomic E-state index is -2.88. The Morgan fingerprint density at radius 2 is 2.22 bits per heavy atom. The van der Waals surface area contributed by atoms with E-state index >= 15 is 0 Å². The van der Waals surface area contributed by atoms with Gasteiger partial charge in [-0.05, 0) is 6.92 Å². The van der Waals surface area contributed by atoms with Crippen LogP contribution in [0.4, 0.5) is 8.78 Å². The number of ether oxygens (including phenoxy) is 2. The fourth-order valence-electron chi connectivity index (χ4n) is 1.53. The van der Waals surface area contributed by atoms with Crippen LogP contribution in [0.5, 0.6) is 5.75 Å². The second kappa shape index (κ2) is 6.25. The highest BCUT2D eigenvalue weighted by molar-refractivity contribution is 5.89. The maximum absolute atomic E-state index is 13.0. The molecule has 0 aliphatic heterocycles. The molecule has 1 heterocycles. The summed E-state index contributed by atoms with van der Waals surface area (Å²) in [6.07, 6.45) is -1.70. The van der Waals surface area contributed by atoms with Gasteiger partial charge in [0.25, 0.3) is 6.43 Å². The lowest BCUT2D eigenvalue weighted by atomic mass is 10.1. The van der Waals surface area contributed by atoms with Gasteiger partial charge in [-0.1, -0.05) is 0 Å². The van der Waals surface area contributed by atoms with Crippen LogP contribution in [-0.4, -0.2) is 24.7 Å². The van der Waals surface area contributed by atoms with Gasteiger partial charge < -0.3 is 15.2 Å². The Morgan fingerprint density at radius 3 is 2.67 bits per heavy atom. The lowest BCUT2D eigenvalue weighted by Gasteiger charge is -2.14. The van der Waals surface area contributed by atoms with Crippen LogP contribution in [0.25, 0.3) is 0 Å². The van der Waals surface area contributed by atoms with Crippen LogP contribution in [0.3, 0.4) is 0 Å². The SMILES string of the molecule is CCOC(=O)c1ncc(OC)c(CN)c1C(F)F. The van der Waals surface area contributed by atoms with Crippen molar-refractivity contribution in [3.8, 4) is 5.75 Å². The van der Waals surface area contributed by atoms with Crippen molar-refractivity contribution in [3.05, 3.63) is 23.0 Å². The van der Waals surface area contributed by atoms with Crippen LogP contribution in [-0.2, 0) is 11.3 Å². The third kappa shape index (κ3) is 2.73. The largest absolute Gasteiger partial charge is 0.495 e. The molecular formula is C11H14F2N2O3. The summed E-state index contributed by atoms with van der Waals surface area (Å²) in [6.45, 7) is 1.47. The fourth-order valence-corrected chi connectivity index (χ4v) is 1.53. The molecule has 5 nitrogen and oxygen atoms in total. The molecule has 0 saturated heterocycles. The number of nitrogens with zero attached hydrogens (tertiary/aromatic N) is 1. The summed E-state index contributed by atoms with van der Waals surface area (Å²) in [5.41, 5.74) is 4.52. The zero-order valence-corrected chi connectivity index (χ0v) is 10.1. The van der Waals surface area contributed by atoms with Gasteiger partial charge in [0, 0.05) is 12.1 Å². The monoisotopic (exact) mass is 260 g/mol. The van der Waals surface area contributed by atoms with E-state index in [1.54, 1.807) is 6.92 Å². The van der Waals surface area contributed by atoms with Crippen molar-refractivity contribution in [2.75, 3.05) is 13.7 Å². The average molecular weight is 260 g/mol. The number of carbonyl (C=O) groups excluding carboxylic acids is 1. The number of aromatic nitrogens is 1. The molecule has 0 fully saturated rings. The van der Waals surface area contributed by atoms with E-state index in [1.807, 2.05) is 0 Å². The van der Waals surface area contributed by atoms with E-state index in [1.165, 1.54) is 13.3 Å². The van der Waals surface area contributed by atoms with Gasteiger partial charge in [-0.15, -0.1) is 0 Å². The van der Waals surface area contributed by atoms with E-state index in [0.29, 0.717) is 0 Å². The molecule has 0 unspecified atom stereocenters. The lowest BCUT2D eigenvalue weighted by molar-refractivity contribution is 0.0507. The van der Waals surface area contributed by atoms with Gasteiger partial charge in [0.1, 0.15) is 5.75 Å². The van der Waals surface area contributed by atoms with E-state index in [0.717, 1.165) is 0 Å². The number of methoxy groups -OCH3 is 1. The van der Waals surface area contributed by atoms with E-state index in [4.69, 9.17) is 10.5 Å². The van der Waals surface area contributed by atoms with Gasteiger partial charge in [0.2, 0.25) is 0 Å². The Morgan fingerprint density at radius 1 is 1.56 bits per heavy atom. The topological polar surface area (TPSA) is 74.4 Å². The highest BCUT2D eigenvalue weighted by Gasteiger charge is 2.26. The van der Waals surface area contributed by atoms with Crippen LogP contribution in [0.15, 0.2) is 6.20 Å². The Kier molecular flexibility index (Phi) is 4.96. The Balaban J connectivity index is 3.39. The molecule has 1 aromatic heterocycles. The molecule has 0 aliphatic carbocycles. The zero-order chi connectivity index (χ0) is 13.7.